The number of likely N-dealkylation sites (tertiary alicyclic amines) is 1. The topological polar surface area (TPSA) is 3.24 Å². The number of fused-ring (bicyclic) bond motifs is 1. The molecule has 80 valence electrons. The SMILES string of the molecule is CC[C@@H]1C[C@@H]2C[C@@H]2N1Cc1ccccc1. The van der Waals surface area contributed by atoms with Crippen molar-refractivity contribution in [2.45, 2.75) is 44.8 Å². The third-order valence-corrected chi connectivity index (χ3v) is 4.03. The molecule has 3 rings (SSSR count). The molecule has 0 N–H and O–H groups in total. The highest BCUT2D eigenvalue weighted by molar-refractivity contribution is 5.16. The lowest BCUT2D eigenvalue weighted by Gasteiger charge is -2.26. The molecule has 1 heteroatoms. The van der Waals surface area contributed by atoms with Crippen LogP contribution < -0.4 is 0 Å². The average Bonchev–Trinajstić information content (AvgIpc) is 2.97. The Bertz CT molecular complexity index is 332. The van der Waals surface area contributed by atoms with Crippen molar-refractivity contribution in [3.8, 4) is 0 Å². The van der Waals surface area contributed by atoms with E-state index in [9.17, 15) is 0 Å². The van der Waals surface area contributed by atoms with Crippen LogP contribution in [0.15, 0.2) is 30.3 Å². The highest BCUT2D eigenvalue weighted by atomic mass is 15.2. The number of hydrogen-bond acceptors (Lipinski definition) is 1. The monoisotopic (exact) mass is 201 g/mol. The molecule has 1 heterocycles. The summed E-state index contributed by atoms with van der Waals surface area (Å²) in [5, 5.41) is 0. The van der Waals surface area contributed by atoms with Gasteiger partial charge in [0.15, 0.2) is 0 Å². The molecule has 0 aromatic heterocycles. The van der Waals surface area contributed by atoms with E-state index in [0.29, 0.717) is 0 Å². The minimum Gasteiger partial charge on any atom is -0.293 e. The molecule has 1 aromatic carbocycles. The molecule has 1 aromatic rings. The van der Waals surface area contributed by atoms with Gasteiger partial charge in [-0.25, -0.2) is 0 Å². The van der Waals surface area contributed by atoms with Crippen molar-refractivity contribution in [3.05, 3.63) is 35.9 Å². The summed E-state index contributed by atoms with van der Waals surface area (Å²) in [6.07, 6.45) is 4.23. The second-order valence-electron chi connectivity index (χ2n) is 5.02. The van der Waals surface area contributed by atoms with Crippen LogP contribution in [-0.2, 0) is 6.54 Å². The largest absolute Gasteiger partial charge is 0.293 e. The molecule has 15 heavy (non-hydrogen) atoms. The number of piperidine rings is 1. The van der Waals surface area contributed by atoms with Crippen molar-refractivity contribution in [2.24, 2.45) is 5.92 Å². The van der Waals surface area contributed by atoms with Gasteiger partial charge in [0.25, 0.3) is 0 Å². The summed E-state index contributed by atoms with van der Waals surface area (Å²) in [7, 11) is 0. The van der Waals surface area contributed by atoms with E-state index in [0.717, 1.165) is 18.0 Å². The zero-order chi connectivity index (χ0) is 10.3. The highest BCUT2D eigenvalue weighted by Gasteiger charge is 2.50. The molecule has 0 spiro atoms. The number of hydrogen-bond donors (Lipinski definition) is 0. The molecule has 1 saturated heterocycles. The third-order valence-electron chi connectivity index (χ3n) is 4.03. The van der Waals surface area contributed by atoms with Crippen molar-refractivity contribution in [2.75, 3.05) is 0 Å². The summed E-state index contributed by atoms with van der Waals surface area (Å²) in [5.74, 6) is 1.04. The van der Waals surface area contributed by atoms with E-state index in [1.54, 1.807) is 0 Å². The van der Waals surface area contributed by atoms with Gasteiger partial charge in [-0.2, -0.15) is 0 Å². The Balaban J connectivity index is 1.72. The maximum Gasteiger partial charge on any atom is 0.0239 e. The number of nitrogens with zero attached hydrogens (tertiary/aromatic N) is 1. The van der Waals surface area contributed by atoms with Gasteiger partial charge in [-0.05, 0) is 30.7 Å². The Morgan fingerprint density at radius 2 is 2.00 bits per heavy atom. The molecule has 0 unspecified atom stereocenters. The molecule has 0 bridgehead atoms. The first kappa shape index (κ1) is 9.41. The summed E-state index contributed by atoms with van der Waals surface area (Å²) in [5.41, 5.74) is 1.48. The van der Waals surface area contributed by atoms with E-state index >= 15 is 0 Å². The molecular weight excluding hydrogens is 182 g/mol. The standard InChI is InChI=1S/C14H19N/c1-2-13-8-12-9-14(12)15(13)10-11-6-4-3-5-7-11/h3-7,12-14H,2,8-10H2,1H3/t12-,13-,14+/m1/s1. The number of benzene rings is 1. The Morgan fingerprint density at radius 1 is 1.20 bits per heavy atom. The first-order valence-electron chi connectivity index (χ1n) is 6.18. The average molecular weight is 201 g/mol. The van der Waals surface area contributed by atoms with Crippen LogP contribution in [0.1, 0.15) is 31.7 Å². The van der Waals surface area contributed by atoms with E-state index in [4.69, 9.17) is 0 Å². The van der Waals surface area contributed by atoms with Gasteiger partial charge in [-0.15, -0.1) is 0 Å². The molecule has 1 aliphatic heterocycles. The lowest BCUT2D eigenvalue weighted by atomic mass is 10.1. The van der Waals surface area contributed by atoms with Gasteiger partial charge in [-0.1, -0.05) is 37.3 Å². The fourth-order valence-electron chi connectivity index (χ4n) is 3.09. The molecular formula is C14H19N. The van der Waals surface area contributed by atoms with Crippen LogP contribution in [0.5, 0.6) is 0 Å². The lowest BCUT2D eigenvalue weighted by Crippen LogP contribution is -2.31. The van der Waals surface area contributed by atoms with Crippen LogP contribution >= 0.6 is 0 Å². The van der Waals surface area contributed by atoms with Crippen LogP contribution in [0.4, 0.5) is 0 Å². The second-order valence-corrected chi connectivity index (χ2v) is 5.02. The predicted molar refractivity (Wildman–Crippen MR) is 62.6 cm³/mol. The Labute approximate surface area is 92.1 Å². The Morgan fingerprint density at radius 3 is 2.73 bits per heavy atom. The fraction of sp³-hybridized carbons (Fsp3) is 0.571. The Hall–Kier alpha value is -0.820. The van der Waals surface area contributed by atoms with Gasteiger partial charge in [0.05, 0.1) is 0 Å². The summed E-state index contributed by atoms with van der Waals surface area (Å²) in [6.45, 7) is 3.49. The van der Waals surface area contributed by atoms with Crippen molar-refractivity contribution in [1.82, 2.24) is 4.90 Å². The van der Waals surface area contributed by atoms with E-state index in [-0.39, 0.29) is 0 Å². The van der Waals surface area contributed by atoms with Crippen LogP contribution in [-0.4, -0.2) is 17.0 Å². The van der Waals surface area contributed by atoms with Crippen molar-refractivity contribution in [1.29, 1.82) is 0 Å². The van der Waals surface area contributed by atoms with Gasteiger partial charge >= 0.3 is 0 Å². The molecule has 2 aliphatic rings. The Kier molecular flexibility index (Phi) is 2.28. The van der Waals surface area contributed by atoms with Crippen LogP contribution in [0, 0.1) is 5.92 Å². The van der Waals surface area contributed by atoms with Gasteiger partial charge in [0, 0.05) is 18.6 Å². The quantitative estimate of drug-likeness (QED) is 0.726. The van der Waals surface area contributed by atoms with Gasteiger partial charge in [0.1, 0.15) is 0 Å². The van der Waals surface area contributed by atoms with Crippen LogP contribution in [0.3, 0.4) is 0 Å². The molecule has 0 radical (unpaired) electrons. The molecule has 3 atom stereocenters. The first-order chi connectivity index (χ1) is 7.38. The van der Waals surface area contributed by atoms with E-state index in [2.05, 4.69) is 42.2 Å². The first-order valence-corrected chi connectivity index (χ1v) is 6.18. The smallest absolute Gasteiger partial charge is 0.0239 e. The second kappa shape index (κ2) is 3.64. The zero-order valence-corrected chi connectivity index (χ0v) is 9.39. The van der Waals surface area contributed by atoms with E-state index in [1.165, 1.54) is 31.4 Å². The fourth-order valence-corrected chi connectivity index (χ4v) is 3.09. The van der Waals surface area contributed by atoms with Gasteiger partial charge < -0.3 is 0 Å². The van der Waals surface area contributed by atoms with E-state index < -0.39 is 0 Å². The minimum atomic E-state index is 0.856. The van der Waals surface area contributed by atoms with E-state index in [1.807, 2.05) is 0 Å². The molecule has 1 nitrogen and oxygen atoms in total. The van der Waals surface area contributed by atoms with Gasteiger partial charge in [0.2, 0.25) is 0 Å². The summed E-state index contributed by atoms with van der Waals surface area (Å²) in [4.78, 5) is 2.74. The molecule has 0 amide bonds. The lowest BCUT2D eigenvalue weighted by molar-refractivity contribution is 0.204. The molecule has 1 aliphatic carbocycles. The maximum absolute atomic E-state index is 2.74. The van der Waals surface area contributed by atoms with Gasteiger partial charge in [-0.3, -0.25) is 4.90 Å². The minimum absolute atomic E-state index is 0.856. The van der Waals surface area contributed by atoms with Crippen molar-refractivity contribution >= 4 is 0 Å². The summed E-state index contributed by atoms with van der Waals surface area (Å²) in [6, 6.07) is 12.7. The zero-order valence-electron chi connectivity index (χ0n) is 9.39. The molecule has 2 fully saturated rings. The molecule has 1 saturated carbocycles. The highest BCUT2D eigenvalue weighted by Crippen LogP contribution is 2.49. The van der Waals surface area contributed by atoms with Crippen LogP contribution in [0.2, 0.25) is 0 Å². The summed E-state index contributed by atoms with van der Waals surface area (Å²) < 4.78 is 0. The third kappa shape index (κ3) is 1.69. The predicted octanol–water partition coefficient (Wildman–Crippen LogP) is 3.06. The van der Waals surface area contributed by atoms with Crippen LogP contribution in [0.25, 0.3) is 0 Å². The van der Waals surface area contributed by atoms with Crippen molar-refractivity contribution < 1.29 is 0 Å². The normalized spacial score (nSPS) is 34.1. The maximum atomic E-state index is 2.74. The summed E-state index contributed by atoms with van der Waals surface area (Å²) >= 11 is 0. The number of rotatable bonds is 3. The van der Waals surface area contributed by atoms with Crippen molar-refractivity contribution in [3.63, 3.8) is 0 Å².